The van der Waals surface area contributed by atoms with Crippen LogP contribution in [0.1, 0.15) is 6.92 Å². The molecule has 0 aromatic carbocycles. The zero-order chi connectivity index (χ0) is 11.3. The number of nitrogens with one attached hydrogen (secondary N) is 2. The zero-order valence-electron chi connectivity index (χ0n) is 8.81. The number of ether oxygens (including phenoxy) is 1. The Morgan fingerprint density at radius 1 is 1.56 bits per heavy atom. The highest BCUT2D eigenvalue weighted by Crippen LogP contribution is 2.30. The number of aromatic nitrogens is 5. The van der Waals surface area contributed by atoms with Crippen LogP contribution in [-0.4, -0.2) is 26.4 Å². The van der Waals surface area contributed by atoms with Gasteiger partial charge >= 0.3 is 24.8 Å². The number of aromatic amines is 2. The summed E-state index contributed by atoms with van der Waals surface area (Å²) in [6.07, 6.45) is 0. The Hall–Kier alpha value is -1.75. The summed E-state index contributed by atoms with van der Waals surface area (Å²) in [6.45, 7) is 2.59. The molecule has 0 spiro atoms. The standard InChI is InChI=1S/C8H9N5O2P/c1-3-13-6-4-5(10-7(9-4)15-2)11-8(12-6)16(13)14/h3H2,1-2H3,(H,9,10,11,12)/q+1/p+1. The third-order valence-corrected chi connectivity index (χ3v) is 4.02. The lowest BCUT2D eigenvalue weighted by Gasteiger charge is -1.87. The highest BCUT2D eigenvalue weighted by atomic mass is 31.1. The van der Waals surface area contributed by atoms with Gasteiger partial charge in [0.1, 0.15) is 0 Å². The zero-order valence-corrected chi connectivity index (χ0v) is 9.71. The first-order valence-corrected chi connectivity index (χ1v) is 6.07. The molecule has 82 valence electrons. The maximum atomic E-state index is 11.9. The monoisotopic (exact) mass is 239 g/mol. The van der Waals surface area contributed by atoms with E-state index in [2.05, 4.69) is 19.9 Å². The first kappa shape index (κ1) is 9.47. The van der Waals surface area contributed by atoms with Crippen molar-refractivity contribution in [3.63, 3.8) is 0 Å². The summed E-state index contributed by atoms with van der Waals surface area (Å²) in [5.74, 6) is 0.597. The van der Waals surface area contributed by atoms with E-state index in [4.69, 9.17) is 4.74 Å². The largest absolute Gasteiger partial charge is 0.577 e. The number of H-pyrrole nitrogens is 2. The van der Waals surface area contributed by atoms with E-state index in [-0.39, 0.29) is 0 Å². The molecular formula is C8H10N5O2P+2. The van der Waals surface area contributed by atoms with Crippen LogP contribution in [-0.2, 0) is 11.1 Å². The van der Waals surface area contributed by atoms with Gasteiger partial charge in [0, 0.05) is 0 Å². The number of methoxy groups -OCH3 is 1. The van der Waals surface area contributed by atoms with E-state index in [9.17, 15) is 4.57 Å². The van der Waals surface area contributed by atoms with Gasteiger partial charge in [0.25, 0.3) is 0 Å². The molecule has 3 rings (SSSR count). The SMILES string of the molecule is CCn1c2[nH]c([nH+]c3nc(OC)nc2-3)[p+]1=O. The Morgan fingerprint density at radius 3 is 3.06 bits per heavy atom. The lowest BCUT2D eigenvalue weighted by Crippen LogP contribution is -2.09. The third-order valence-electron chi connectivity index (χ3n) is 2.49. The average molecular weight is 239 g/mol. The Labute approximate surface area is 91.0 Å². The molecule has 7 nitrogen and oxygen atoms in total. The molecule has 0 amide bonds. The smallest absolute Gasteiger partial charge is 0.454 e. The topological polar surface area (TPSA) is 86.9 Å². The first-order chi connectivity index (χ1) is 7.74. The number of rotatable bonds is 2. The van der Waals surface area contributed by atoms with Gasteiger partial charge in [0.05, 0.1) is 13.7 Å². The van der Waals surface area contributed by atoms with Crippen LogP contribution < -0.4 is 9.72 Å². The van der Waals surface area contributed by atoms with E-state index in [1.54, 1.807) is 4.33 Å². The minimum atomic E-state index is -1.58. The van der Waals surface area contributed by atoms with Crippen LogP contribution in [0.25, 0.3) is 22.5 Å². The summed E-state index contributed by atoms with van der Waals surface area (Å²) < 4.78 is 18.7. The van der Waals surface area contributed by atoms with Gasteiger partial charge in [0.15, 0.2) is 0 Å². The van der Waals surface area contributed by atoms with Crippen molar-refractivity contribution in [3.8, 4) is 17.5 Å². The molecule has 2 aliphatic rings. The highest BCUT2D eigenvalue weighted by molar-refractivity contribution is 7.38. The summed E-state index contributed by atoms with van der Waals surface area (Å²) in [7, 11) is -0.0673. The minimum Gasteiger partial charge on any atom is -0.454 e. The minimum absolute atomic E-state index is 0.311. The van der Waals surface area contributed by atoms with Crippen LogP contribution in [0.4, 0.5) is 0 Å². The van der Waals surface area contributed by atoms with Gasteiger partial charge < -0.3 is 4.74 Å². The lowest BCUT2D eigenvalue weighted by molar-refractivity contribution is -0.336. The molecular weight excluding hydrogens is 229 g/mol. The van der Waals surface area contributed by atoms with Crippen molar-refractivity contribution in [2.24, 2.45) is 0 Å². The van der Waals surface area contributed by atoms with Crippen molar-refractivity contribution < 1.29 is 14.3 Å². The van der Waals surface area contributed by atoms with Gasteiger partial charge in [-0.1, -0.05) is 0 Å². The number of fused-ring (bicyclic) bond motifs is 4. The molecule has 3 heterocycles. The summed E-state index contributed by atoms with van der Waals surface area (Å²) in [5.41, 5.74) is 1.39. The normalized spacial score (nSPS) is 12.8. The van der Waals surface area contributed by atoms with Crippen molar-refractivity contribution in [1.29, 1.82) is 0 Å². The van der Waals surface area contributed by atoms with Gasteiger partial charge in [0.2, 0.25) is 11.3 Å². The molecule has 8 heteroatoms. The van der Waals surface area contributed by atoms with Crippen LogP contribution in [0.2, 0.25) is 0 Å². The molecule has 1 atom stereocenters. The Kier molecular flexibility index (Phi) is 1.85. The molecule has 2 bridgehead atoms. The van der Waals surface area contributed by atoms with Gasteiger partial charge in [-0.2, -0.15) is 9.97 Å². The van der Waals surface area contributed by atoms with Gasteiger partial charge in [-0.25, -0.2) is 4.98 Å². The fourth-order valence-corrected chi connectivity index (χ4v) is 2.99. The average Bonchev–Trinajstić information content (AvgIpc) is 2.81. The molecule has 1 aromatic rings. The van der Waals surface area contributed by atoms with Gasteiger partial charge in [-0.3, -0.25) is 0 Å². The number of aryl methyl sites for hydroxylation is 1. The van der Waals surface area contributed by atoms with E-state index < -0.39 is 7.57 Å². The maximum Gasteiger partial charge on any atom is 0.577 e. The van der Waals surface area contributed by atoms with Crippen molar-refractivity contribution in [3.05, 3.63) is 0 Å². The molecule has 1 unspecified atom stereocenters. The van der Waals surface area contributed by atoms with E-state index >= 15 is 0 Å². The van der Waals surface area contributed by atoms with Crippen LogP contribution >= 0.6 is 7.57 Å². The van der Waals surface area contributed by atoms with Crippen molar-refractivity contribution in [2.75, 3.05) is 7.11 Å². The van der Waals surface area contributed by atoms with Crippen LogP contribution in [0.3, 0.4) is 0 Å². The lowest BCUT2D eigenvalue weighted by atomic mass is 10.4. The molecule has 0 fully saturated rings. The molecule has 2 N–H and O–H groups in total. The van der Waals surface area contributed by atoms with E-state index in [1.807, 2.05) is 6.92 Å². The second-order valence-corrected chi connectivity index (χ2v) is 4.82. The summed E-state index contributed by atoms with van der Waals surface area (Å²) >= 11 is 0. The first-order valence-electron chi connectivity index (χ1n) is 4.86. The quantitative estimate of drug-likeness (QED) is 0.719. The molecule has 0 radical (unpaired) electrons. The number of nitrogens with zero attached hydrogens (tertiary/aromatic N) is 3. The second-order valence-electron chi connectivity index (χ2n) is 3.34. The third kappa shape index (κ3) is 1.06. The van der Waals surface area contributed by atoms with Crippen molar-refractivity contribution in [1.82, 2.24) is 19.3 Å². The van der Waals surface area contributed by atoms with Crippen LogP contribution in [0.15, 0.2) is 0 Å². The summed E-state index contributed by atoms with van der Waals surface area (Å²) in [6, 6.07) is 0.311. The summed E-state index contributed by atoms with van der Waals surface area (Å²) in [4.78, 5) is 14.3. The summed E-state index contributed by atoms with van der Waals surface area (Å²) in [5, 5.41) is 0.571. The van der Waals surface area contributed by atoms with Crippen molar-refractivity contribution >= 4 is 18.6 Å². The fourth-order valence-electron chi connectivity index (χ4n) is 1.76. The Morgan fingerprint density at radius 2 is 2.38 bits per heavy atom. The molecule has 0 saturated heterocycles. The van der Waals surface area contributed by atoms with E-state index in [0.717, 1.165) is 5.65 Å². The fraction of sp³-hybridized carbons (Fsp3) is 0.375. The van der Waals surface area contributed by atoms with Gasteiger partial charge in [-0.15, -0.1) is 4.33 Å². The van der Waals surface area contributed by atoms with Crippen molar-refractivity contribution in [2.45, 2.75) is 13.5 Å². The molecule has 2 aliphatic heterocycles. The maximum absolute atomic E-state index is 11.9. The molecule has 0 saturated carbocycles. The predicted molar refractivity (Wildman–Crippen MR) is 56.1 cm³/mol. The number of hydrogen-bond donors (Lipinski definition) is 1. The van der Waals surface area contributed by atoms with Crippen LogP contribution in [0.5, 0.6) is 6.01 Å². The number of hydrogen-bond acceptors (Lipinski definition) is 4. The second kappa shape index (κ2) is 3.12. The van der Waals surface area contributed by atoms with Crippen LogP contribution in [0, 0.1) is 0 Å². The predicted octanol–water partition coefficient (Wildman–Crippen LogP) is 0.887. The Bertz CT molecular complexity index is 675. The Balaban J connectivity index is 2.45. The molecule has 16 heavy (non-hydrogen) atoms. The highest BCUT2D eigenvalue weighted by Gasteiger charge is 2.34. The molecule has 1 aromatic heterocycles. The van der Waals surface area contributed by atoms with Gasteiger partial charge in [-0.05, 0) is 16.5 Å². The van der Waals surface area contributed by atoms with E-state index in [0.29, 0.717) is 29.5 Å². The number of imidazole rings is 1. The molecule has 0 aliphatic carbocycles. The van der Waals surface area contributed by atoms with E-state index in [1.165, 1.54) is 7.11 Å².